The van der Waals surface area contributed by atoms with Gasteiger partial charge in [-0.15, -0.1) is 0 Å². The van der Waals surface area contributed by atoms with Gasteiger partial charge in [-0.05, 0) is 42.5 Å². The molecule has 3 aromatic rings. The van der Waals surface area contributed by atoms with Crippen molar-refractivity contribution in [1.82, 2.24) is 4.98 Å². The first kappa shape index (κ1) is 18.6. The number of carbonyl (C=O) groups excluding carboxylic acids is 1. The fourth-order valence-corrected chi connectivity index (χ4v) is 3.01. The molecule has 0 aliphatic rings. The molecule has 0 aliphatic carbocycles. The van der Waals surface area contributed by atoms with E-state index >= 15 is 0 Å². The van der Waals surface area contributed by atoms with E-state index < -0.39 is 17.5 Å². The van der Waals surface area contributed by atoms with Crippen LogP contribution in [0, 0.1) is 11.6 Å². The Morgan fingerprint density at radius 3 is 2.38 bits per heavy atom. The van der Waals surface area contributed by atoms with Crippen molar-refractivity contribution in [3.63, 3.8) is 0 Å². The third kappa shape index (κ3) is 3.96. The zero-order valence-electron chi connectivity index (χ0n) is 12.9. The summed E-state index contributed by atoms with van der Waals surface area (Å²) >= 11 is 17.9. The van der Waals surface area contributed by atoms with E-state index in [4.69, 9.17) is 34.8 Å². The molecule has 0 saturated carbocycles. The highest BCUT2D eigenvalue weighted by Gasteiger charge is 2.18. The zero-order chi connectivity index (χ0) is 18.8. The van der Waals surface area contributed by atoms with Crippen LogP contribution in [-0.2, 0) is 0 Å². The molecule has 3 rings (SSSR count). The maximum Gasteiger partial charge on any atom is 0.257 e. The number of nitrogens with zero attached hydrogens (tertiary/aromatic N) is 1. The quantitative estimate of drug-likeness (QED) is 0.516. The summed E-state index contributed by atoms with van der Waals surface area (Å²) in [6.45, 7) is 0. The highest BCUT2D eigenvalue weighted by molar-refractivity contribution is 6.35. The Kier molecular flexibility index (Phi) is 5.41. The van der Waals surface area contributed by atoms with E-state index in [2.05, 4.69) is 10.3 Å². The summed E-state index contributed by atoms with van der Waals surface area (Å²) in [7, 11) is 0. The highest BCUT2D eigenvalue weighted by Crippen LogP contribution is 2.34. The SMILES string of the molecule is O=C(Nc1ccnc(Cl)c1)c1cc(F)c(-c2ccc(F)cc2Cl)cc1Cl. The molecule has 132 valence electrons. The van der Waals surface area contributed by atoms with Gasteiger partial charge in [0, 0.05) is 23.0 Å². The van der Waals surface area contributed by atoms with Crippen LogP contribution in [0.5, 0.6) is 0 Å². The van der Waals surface area contributed by atoms with Crippen molar-refractivity contribution in [2.75, 3.05) is 5.32 Å². The second-order valence-corrected chi connectivity index (χ2v) is 6.46. The lowest BCUT2D eigenvalue weighted by atomic mass is 10.0. The fraction of sp³-hybridized carbons (Fsp3) is 0. The van der Waals surface area contributed by atoms with Gasteiger partial charge in [-0.25, -0.2) is 13.8 Å². The molecular formula is C18H9Cl3F2N2O. The van der Waals surface area contributed by atoms with Gasteiger partial charge in [-0.2, -0.15) is 0 Å². The molecule has 0 unspecified atom stereocenters. The number of nitrogens with one attached hydrogen (secondary N) is 1. The minimum absolute atomic E-state index is 0.0134. The van der Waals surface area contributed by atoms with E-state index in [0.29, 0.717) is 5.69 Å². The zero-order valence-corrected chi connectivity index (χ0v) is 15.1. The summed E-state index contributed by atoms with van der Waals surface area (Å²) in [5.74, 6) is -1.88. The monoisotopic (exact) mass is 412 g/mol. The van der Waals surface area contributed by atoms with Crippen LogP contribution in [0.2, 0.25) is 15.2 Å². The van der Waals surface area contributed by atoms with Crippen molar-refractivity contribution in [1.29, 1.82) is 0 Å². The summed E-state index contributed by atoms with van der Waals surface area (Å²) < 4.78 is 27.7. The Hall–Kier alpha value is -2.21. The Balaban J connectivity index is 1.95. The van der Waals surface area contributed by atoms with Crippen LogP contribution in [-0.4, -0.2) is 10.9 Å². The third-order valence-electron chi connectivity index (χ3n) is 3.51. The predicted octanol–water partition coefficient (Wildman–Crippen LogP) is 6.24. The van der Waals surface area contributed by atoms with Gasteiger partial charge < -0.3 is 5.32 Å². The Morgan fingerprint density at radius 1 is 0.923 bits per heavy atom. The smallest absolute Gasteiger partial charge is 0.257 e. The Labute approximate surface area is 162 Å². The Morgan fingerprint density at radius 2 is 1.69 bits per heavy atom. The number of pyridine rings is 1. The molecule has 1 N–H and O–H groups in total. The summed E-state index contributed by atoms with van der Waals surface area (Å²) in [5, 5.41) is 2.80. The first-order valence-corrected chi connectivity index (χ1v) is 8.36. The van der Waals surface area contributed by atoms with Gasteiger partial charge in [-0.3, -0.25) is 4.79 Å². The molecule has 0 radical (unpaired) electrons. The van der Waals surface area contributed by atoms with Crippen LogP contribution in [0.1, 0.15) is 10.4 Å². The second-order valence-electron chi connectivity index (χ2n) is 5.26. The molecule has 0 aliphatic heterocycles. The molecule has 1 amide bonds. The molecule has 1 heterocycles. The molecule has 0 saturated heterocycles. The average molecular weight is 414 g/mol. The van der Waals surface area contributed by atoms with Crippen LogP contribution < -0.4 is 5.32 Å². The van der Waals surface area contributed by atoms with Gasteiger partial charge in [0.1, 0.15) is 16.8 Å². The molecule has 0 atom stereocenters. The number of halogens is 5. The maximum absolute atomic E-state index is 14.5. The minimum Gasteiger partial charge on any atom is -0.322 e. The van der Waals surface area contributed by atoms with Crippen molar-refractivity contribution in [3.8, 4) is 11.1 Å². The molecule has 3 nitrogen and oxygen atoms in total. The summed E-state index contributed by atoms with van der Waals surface area (Å²) in [6, 6.07) is 8.79. The van der Waals surface area contributed by atoms with Crippen molar-refractivity contribution in [2.24, 2.45) is 0 Å². The number of carbonyl (C=O) groups is 1. The van der Waals surface area contributed by atoms with Crippen molar-refractivity contribution < 1.29 is 13.6 Å². The van der Waals surface area contributed by atoms with E-state index in [1.165, 1.54) is 30.5 Å². The number of amides is 1. The van der Waals surface area contributed by atoms with E-state index in [-0.39, 0.29) is 31.9 Å². The predicted molar refractivity (Wildman–Crippen MR) is 99.0 cm³/mol. The van der Waals surface area contributed by atoms with E-state index in [1.54, 1.807) is 0 Å². The molecule has 26 heavy (non-hydrogen) atoms. The summed E-state index contributed by atoms with van der Waals surface area (Å²) in [6.07, 6.45) is 1.42. The number of benzene rings is 2. The van der Waals surface area contributed by atoms with E-state index in [1.807, 2.05) is 0 Å². The van der Waals surface area contributed by atoms with Gasteiger partial charge >= 0.3 is 0 Å². The van der Waals surface area contributed by atoms with E-state index in [9.17, 15) is 13.6 Å². The van der Waals surface area contributed by atoms with Gasteiger partial charge in [0.05, 0.1) is 15.6 Å². The lowest BCUT2D eigenvalue weighted by Gasteiger charge is -2.11. The summed E-state index contributed by atoms with van der Waals surface area (Å²) in [5.41, 5.74) is 0.639. The normalized spacial score (nSPS) is 10.7. The topological polar surface area (TPSA) is 42.0 Å². The molecule has 1 aromatic heterocycles. The highest BCUT2D eigenvalue weighted by atomic mass is 35.5. The fourth-order valence-electron chi connectivity index (χ4n) is 2.31. The van der Waals surface area contributed by atoms with Crippen LogP contribution >= 0.6 is 34.8 Å². The van der Waals surface area contributed by atoms with Crippen molar-refractivity contribution in [3.05, 3.63) is 81.1 Å². The van der Waals surface area contributed by atoms with Crippen LogP contribution in [0.25, 0.3) is 11.1 Å². The standard InChI is InChI=1S/C18H9Cl3F2N2O/c19-14-5-9(22)1-2-11(14)12-7-15(20)13(8-16(12)23)18(26)25-10-3-4-24-17(21)6-10/h1-8H,(H,24,25,26). The number of anilines is 1. The molecule has 8 heteroatoms. The number of aromatic nitrogens is 1. The van der Waals surface area contributed by atoms with Gasteiger partial charge in [0.2, 0.25) is 0 Å². The van der Waals surface area contributed by atoms with Crippen LogP contribution in [0.15, 0.2) is 48.7 Å². The third-order valence-corrected chi connectivity index (χ3v) is 4.34. The molecule has 0 spiro atoms. The average Bonchev–Trinajstić information content (AvgIpc) is 2.57. The van der Waals surface area contributed by atoms with Crippen LogP contribution in [0.3, 0.4) is 0 Å². The van der Waals surface area contributed by atoms with Crippen molar-refractivity contribution in [2.45, 2.75) is 0 Å². The molecule has 0 bridgehead atoms. The van der Waals surface area contributed by atoms with Crippen molar-refractivity contribution >= 4 is 46.4 Å². The van der Waals surface area contributed by atoms with E-state index in [0.717, 1.165) is 18.2 Å². The molecular weight excluding hydrogens is 405 g/mol. The largest absolute Gasteiger partial charge is 0.322 e. The number of hydrogen-bond acceptors (Lipinski definition) is 2. The van der Waals surface area contributed by atoms with Gasteiger partial charge in [0.25, 0.3) is 5.91 Å². The van der Waals surface area contributed by atoms with Gasteiger partial charge in [0.15, 0.2) is 0 Å². The minimum atomic E-state index is -0.721. The first-order chi connectivity index (χ1) is 12.3. The first-order valence-electron chi connectivity index (χ1n) is 7.22. The van der Waals surface area contributed by atoms with Crippen LogP contribution in [0.4, 0.5) is 14.5 Å². The summed E-state index contributed by atoms with van der Waals surface area (Å²) in [4.78, 5) is 16.2. The van der Waals surface area contributed by atoms with Gasteiger partial charge in [-0.1, -0.05) is 34.8 Å². The lowest BCUT2D eigenvalue weighted by molar-refractivity contribution is 0.102. The maximum atomic E-state index is 14.5. The lowest BCUT2D eigenvalue weighted by Crippen LogP contribution is -2.13. The number of hydrogen-bond donors (Lipinski definition) is 1. The molecule has 0 fully saturated rings. The Bertz CT molecular complexity index is 1010. The number of rotatable bonds is 3. The second kappa shape index (κ2) is 7.58. The molecule has 2 aromatic carbocycles.